The summed E-state index contributed by atoms with van der Waals surface area (Å²) >= 11 is 0. The number of carbonyl (C=O) groups is 1. The first-order chi connectivity index (χ1) is 9.90. The molecule has 0 spiro atoms. The molecule has 3 heterocycles. The van der Waals surface area contributed by atoms with Gasteiger partial charge in [0.1, 0.15) is 13.2 Å². The standard InChI is InChI=1S/C17H34N2O2.2HI/c1-5-18(3,6-2)11-12-21-17(20)13-16-14-19(4)9-7-15(16)8-10-19;;/h15-16H,5-14H2,1-4H3;2*1H/q+2;;/p-2. The number of nitrogens with zero attached hydrogens (tertiary/aromatic N) is 2. The normalized spacial score (nSPS) is 29.4. The second-order valence-electron chi connectivity index (χ2n) is 7.75. The minimum atomic E-state index is 0. The van der Waals surface area contributed by atoms with E-state index >= 15 is 0 Å². The average molecular weight is 552 g/mol. The van der Waals surface area contributed by atoms with Crippen LogP contribution in [0, 0.1) is 11.8 Å². The highest BCUT2D eigenvalue weighted by molar-refractivity contribution is 5.69. The fourth-order valence-corrected chi connectivity index (χ4v) is 4.00. The Labute approximate surface area is 176 Å². The van der Waals surface area contributed by atoms with Crippen molar-refractivity contribution >= 4 is 5.97 Å². The van der Waals surface area contributed by atoms with E-state index in [4.69, 9.17) is 4.74 Å². The summed E-state index contributed by atoms with van der Waals surface area (Å²) in [6, 6.07) is 0. The van der Waals surface area contributed by atoms with Gasteiger partial charge in [-0.25, -0.2) is 0 Å². The van der Waals surface area contributed by atoms with Gasteiger partial charge in [0.05, 0.1) is 53.2 Å². The molecule has 23 heavy (non-hydrogen) atoms. The van der Waals surface area contributed by atoms with Gasteiger partial charge in [-0.15, -0.1) is 0 Å². The summed E-state index contributed by atoms with van der Waals surface area (Å²) in [6.45, 7) is 11.9. The number of fused-ring (bicyclic) bond motifs is 3. The first kappa shape index (κ1) is 23.9. The summed E-state index contributed by atoms with van der Waals surface area (Å²) < 4.78 is 7.68. The van der Waals surface area contributed by atoms with Gasteiger partial charge in [0.25, 0.3) is 0 Å². The maximum absolute atomic E-state index is 12.1. The fourth-order valence-electron chi connectivity index (χ4n) is 4.00. The molecule has 3 aliphatic heterocycles. The molecule has 6 heteroatoms. The number of halogens is 2. The molecule has 1 unspecified atom stereocenters. The van der Waals surface area contributed by atoms with Crippen molar-refractivity contribution in [3.63, 3.8) is 0 Å². The molecule has 0 aliphatic carbocycles. The Morgan fingerprint density at radius 2 is 1.74 bits per heavy atom. The zero-order valence-corrected chi connectivity index (χ0v) is 19.5. The van der Waals surface area contributed by atoms with Gasteiger partial charge in [-0.2, -0.15) is 0 Å². The lowest BCUT2D eigenvalue weighted by atomic mass is 9.76. The molecular formula is C17H34I2N2O2. The van der Waals surface area contributed by atoms with E-state index in [2.05, 4.69) is 27.9 Å². The predicted molar refractivity (Wildman–Crippen MR) is 84.7 cm³/mol. The van der Waals surface area contributed by atoms with E-state index in [1.165, 1.54) is 37.0 Å². The van der Waals surface area contributed by atoms with Crippen molar-refractivity contribution in [2.24, 2.45) is 11.8 Å². The van der Waals surface area contributed by atoms with E-state index in [0.717, 1.165) is 30.0 Å². The smallest absolute Gasteiger partial charge is 0.306 e. The van der Waals surface area contributed by atoms with Crippen LogP contribution >= 0.6 is 0 Å². The molecule has 3 fully saturated rings. The molecule has 2 bridgehead atoms. The quantitative estimate of drug-likeness (QED) is 0.183. The first-order valence-corrected chi connectivity index (χ1v) is 8.72. The van der Waals surface area contributed by atoms with Crippen LogP contribution in [0.25, 0.3) is 0 Å². The largest absolute Gasteiger partial charge is 1.00 e. The maximum Gasteiger partial charge on any atom is 0.306 e. The lowest BCUT2D eigenvalue weighted by molar-refractivity contribution is -0.929. The zero-order valence-electron chi connectivity index (χ0n) is 15.2. The van der Waals surface area contributed by atoms with Crippen molar-refractivity contribution < 1.29 is 66.5 Å². The van der Waals surface area contributed by atoms with Gasteiger partial charge in [0.15, 0.2) is 0 Å². The SMILES string of the molecule is CC[N+](C)(CC)CCOC(=O)CC1C[N+]2(C)CCC1CC2.[I-].[I-]. The molecule has 3 aliphatic rings. The van der Waals surface area contributed by atoms with Crippen LogP contribution in [0.5, 0.6) is 0 Å². The summed E-state index contributed by atoms with van der Waals surface area (Å²) in [5, 5.41) is 0. The highest BCUT2D eigenvalue weighted by atomic mass is 127. The molecule has 1 atom stereocenters. The number of hydrogen-bond acceptors (Lipinski definition) is 2. The molecule has 0 radical (unpaired) electrons. The third-order valence-electron chi connectivity index (χ3n) is 6.27. The third kappa shape index (κ3) is 6.58. The molecule has 0 aromatic heterocycles. The van der Waals surface area contributed by atoms with Crippen LogP contribution in [0.1, 0.15) is 33.1 Å². The van der Waals surface area contributed by atoms with Crippen molar-refractivity contribution in [1.29, 1.82) is 0 Å². The van der Waals surface area contributed by atoms with Crippen molar-refractivity contribution in [1.82, 2.24) is 0 Å². The summed E-state index contributed by atoms with van der Waals surface area (Å²) in [5.74, 6) is 1.35. The van der Waals surface area contributed by atoms with Gasteiger partial charge in [-0.05, 0) is 19.8 Å². The highest BCUT2D eigenvalue weighted by Gasteiger charge is 2.43. The van der Waals surface area contributed by atoms with E-state index in [1.807, 2.05) is 0 Å². The summed E-state index contributed by atoms with van der Waals surface area (Å²) in [7, 11) is 4.57. The van der Waals surface area contributed by atoms with Gasteiger partial charge in [-0.3, -0.25) is 4.79 Å². The molecular weight excluding hydrogens is 518 g/mol. The molecule has 4 nitrogen and oxygen atoms in total. The topological polar surface area (TPSA) is 26.3 Å². The van der Waals surface area contributed by atoms with Crippen LogP contribution in [-0.2, 0) is 9.53 Å². The molecule has 138 valence electrons. The fraction of sp³-hybridized carbons (Fsp3) is 0.941. The van der Waals surface area contributed by atoms with E-state index in [0.29, 0.717) is 18.9 Å². The average Bonchev–Trinajstić information content (AvgIpc) is 2.47. The Bertz CT molecular complexity index is 368. The molecule has 3 rings (SSSR count). The van der Waals surface area contributed by atoms with Gasteiger partial charge < -0.3 is 61.7 Å². The van der Waals surface area contributed by atoms with E-state index in [1.54, 1.807) is 0 Å². The van der Waals surface area contributed by atoms with E-state index in [9.17, 15) is 4.79 Å². The zero-order chi connectivity index (χ0) is 15.5. The van der Waals surface area contributed by atoms with Gasteiger partial charge in [0, 0.05) is 18.8 Å². The second-order valence-corrected chi connectivity index (χ2v) is 7.75. The van der Waals surface area contributed by atoms with Crippen molar-refractivity contribution in [2.45, 2.75) is 33.1 Å². The minimum absolute atomic E-state index is 0. The number of carbonyl (C=O) groups excluding carboxylic acids is 1. The number of esters is 1. The summed E-state index contributed by atoms with van der Waals surface area (Å²) in [4.78, 5) is 12.1. The van der Waals surface area contributed by atoms with Crippen LogP contribution in [0.2, 0.25) is 0 Å². The summed E-state index contributed by atoms with van der Waals surface area (Å²) in [5.41, 5.74) is 0. The number of quaternary nitrogens is 2. The lowest BCUT2D eigenvalue weighted by Gasteiger charge is -2.50. The van der Waals surface area contributed by atoms with E-state index in [-0.39, 0.29) is 53.9 Å². The van der Waals surface area contributed by atoms with Crippen LogP contribution in [0.4, 0.5) is 0 Å². The number of hydrogen-bond donors (Lipinski definition) is 0. The van der Waals surface area contributed by atoms with Crippen LogP contribution < -0.4 is 48.0 Å². The number of ether oxygens (including phenoxy) is 1. The van der Waals surface area contributed by atoms with Crippen LogP contribution in [-0.4, -0.2) is 74.9 Å². The Balaban J connectivity index is 0.00000242. The molecule has 0 aromatic carbocycles. The Hall–Kier alpha value is 0.850. The second kappa shape index (κ2) is 10.1. The van der Waals surface area contributed by atoms with Gasteiger partial charge in [-0.1, -0.05) is 0 Å². The minimum Gasteiger partial charge on any atom is -1.00 e. The van der Waals surface area contributed by atoms with Crippen molar-refractivity contribution in [3.8, 4) is 0 Å². The Kier molecular flexibility index (Phi) is 10.5. The predicted octanol–water partition coefficient (Wildman–Crippen LogP) is -4.10. The lowest BCUT2D eigenvalue weighted by Crippen LogP contribution is -3.00. The van der Waals surface area contributed by atoms with Gasteiger partial charge >= 0.3 is 5.97 Å². The number of piperidine rings is 3. The highest BCUT2D eigenvalue weighted by Crippen LogP contribution is 2.38. The maximum atomic E-state index is 12.1. The number of likely N-dealkylation sites (N-methyl/N-ethyl adjacent to an activating group) is 1. The first-order valence-electron chi connectivity index (χ1n) is 8.72. The van der Waals surface area contributed by atoms with Gasteiger partial charge in [0.2, 0.25) is 0 Å². The molecule has 0 aromatic rings. The molecule has 3 saturated heterocycles. The number of rotatable bonds is 7. The molecule has 0 saturated carbocycles. The van der Waals surface area contributed by atoms with Crippen LogP contribution in [0.3, 0.4) is 0 Å². The van der Waals surface area contributed by atoms with Crippen molar-refractivity contribution in [3.05, 3.63) is 0 Å². The Morgan fingerprint density at radius 1 is 1.17 bits per heavy atom. The van der Waals surface area contributed by atoms with E-state index < -0.39 is 0 Å². The monoisotopic (exact) mass is 552 g/mol. The third-order valence-corrected chi connectivity index (χ3v) is 6.27. The van der Waals surface area contributed by atoms with Crippen LogP contribution in [0.15, 0.2) is 0 Å². The van der Waals surface area contributed by atoms with Crippen molar-refractivity contribution in [2.75, 3.05) is 60.0 Å². The Morgan fingerprint density at radius 3 is 2.22 bits per heavy atom. The molecule has 0 amide bonds. The molecule has 0 N–H and O–H groups in total. The summed E-state index contributed by atoms with van der Waals surface area (Å²) in [6.07, 6.45) is 3.24.